The number of rotatable bonds is 2. The lowest BCUT2D eigenvalue weighted by Crippen LogP contribution is -2.26. The van der Waals surface area contributed by atoms with Gasteiger partial charge in [-0.25, -0.2) is 13.6 Å². The van der Waals surface area contributed by atoms with E-state index in [9.17, 15) is 8.42 Å². The van der Waals surface area contributed by atoms with E-state index in [0.717, 1.165) is 6.54 Å². The van der Waals surface area contributed by atoms with E-state index in [0.29, 0.717) is 29.1 Å². The largest absolute Gasteiger partial charge is 0.397 e. The van der Waals surface area contributed by atoms with Crippen molar-refractivity contribution in [1.29, 1.82) is 0 Å². The summed E-state index contributed by atoms with van der Waals surface area (Å²) in [5.74, 6) is 0. The Kier molecular flexibility index (Phi) is 3.30. The van der Waals surface area contributed by atoms with Crippen molar-refractivity contribution in [2.24, 2.45) is 5.14 Å². The molecule has 0 spiro atoms. The molecule has 5 N–H and O–H groups in total. The molecule has 1 aliphatic heterocycles. The van der Waals surface area contributed by atoms with Crippen LogP contribution in [0.3, 0.4) is 0 Å². The van der Waals surface area contributed by atoms with E-state index in [-0.39, 0.29) is 4.90 Å². The van der Waals surface area contributed by atoms with Crippen molar-refractivity contribution in [2.75, 3.05) is 30.4 Å². The summed E-state index contributed by atoms with van der Waals surface area (Å²) < 4.78 is 23.7. The van der Waals surface area contributed by atoms with Gasteiger partial charge in [0.15, 0.2) is 0 Å². The number of hydrogen-bond donors (Lipinski definition) is 3. The fraction of sp³-hybridized carbons (Fsp3) is 0.333. The number of nitrogen functional groups attached to an aromatic ring is 1. The maximum atomic E-state index is 11.6. The summed E-state index contributed by atoms with van der Waals surface area (Å²) in [6.07, 6.45) is 0. The minimum atomic E-state index is -3.82. The summed E-state index contributed by atoms with van der Waals surface area (Å²) in [6.45, 7) is 2.04. The van der Waals surface area contributed by atoms with Gasteiger partial charge in [0.25, 0.3) is 0 Å². The Labute approximate surface area is 108 Å². The second kappa shape index (κ2) is 4.45. The first-order valence-corrected chi connectivity index (χ1v) is 7.31. The monoisotopic (exact) mass is 320 g/mol. The number of hydrogen-bond acceptors (Lipinski definition) is 5. The zero-order valence-corrected chi connectivity index (χ0v) is 11.4. The van der Waals surface area contributed by atoms with Crippen LogP contribution in [0.15, 0.2) is 21.5 Å². The minimum absolute atomic E-state index is 0.0428. The molecule has 0 aromatic heterocycles. The van der Waals surface area contributed by atoms with Gasteiger partial charge in [-0.05, 0) is 28.1 Å². The van der Waals surface area contributed by atoms with Gasteiger partial charge in [-0.2, -0.15) is 0 Å². The molecule has 1 saturated heterocycles. The third-order valence-electron chi connectivity index (χ3n) is 2.58. The molecule has 0 amide bonds. The van der Waals surface area contributed by atoms with E-state index >= 15 is 0 Å². The van der Waals surface area contributed by atoms with Crippen molar-refractivity contribution in [1.82, 2.24) is 5.32 Å². The molecule has 2 rings (SSSR count). The Bertz CT molecular complexity index is 540. The zero-order chi connectivity index (χ0) is 12.6. The van der Waals surface area contributed by atoms with Gasteiger partial charge in [-0.15, -0.1) is 0 Å². The van der Waals surface area contributed by atoms with Crippen molar-refractivity contribution in [3.63, 3.8) is 0 Å². The third-order valence-corrected chi connectivity index (χ3v) is 4.48. The van der Waals surface area contributed by atoms with Crippen molar-refractivity contribution >= 4 is 37.3 Å². The molecular weight excluding hydrogens is 308 g/mol. The minimum Gasteiger partial charge on any atom is -0.397 e. The highest BCUT2D eigenvalue weighted by Crippen LogP contribution is 2.36. The number of primary sulfonamides is 1. The van der Waals surface area contributed by atoms with Crippen molar-refractivity contribution in [3.05, 3.63) is 16.6 Å². The van der Waals surface area contributed by atoms with E-state index < -0.39 is 10.0 Å². The van der Waals surface area contributed by atoms with Gasteiger partial charge >= 0.3 is 0 Å². The lowest BCUT2D eigenvalue weighted by molar-refractivity contribution is 0.597. The van der Waals surface area contributed by atoms with Crippen LogP contribution in [0.5, 0.6) is 0 Å². The SMILES string of the molecule is Nc1ccc(Br)c(S(N)(=O)=O)c1N1CCNC1. The van der Waals surface area contributed by atoms with Gasteiger partial charge in [0.05, 0.1) is 18.0 Å². The summed E-state index contributed by atoms with van der Waals surface area (Å²) in [4.78, 5) is 1.90. The van der Waals surface area contributed by atoms with Crippen LogP contribution < -0.4 is 21.1 Å². The van der Waals surface area contributed by atoms with Gasteiger partial charge < -0.3 is 10.6 Å². The fourth-order valence-electron chi connectivity index (χ4n) is 1.86. The van der Waals surface area contributed by atoms with E-state index in [1.165, 1.54) is 0 Å². The Morgan fingerprint density at radius 1 is 1.41 bits per heavy atom. The van der Waals surface area contributed by atoms with Gasteiger partial charge in [-0.1, -0.05) is 0 Å². The lowest BCUT2D eigenvalue weighted by atomic mass is 10.2. The molecule has 0 bridgehead atoms. The van der Waals surface area contributed by atoms with Gasteiger partial charge in [0.1, 0.15) is 4.90 Å². The average molecular weight is 321 g/mol. The highest BCUT2D eigenvalue weighted by molar-refractivity contribution is 9.10. The number of sulfonamides is 1. The van der Waals surface area contributed by atoms with Crippen LogP contribution in [-0.4, -0.2) is 28.2 Å². The van der Waals surface area contributed by atoms with Gasteiger partial charge in [0, 0.05) is 17.6 Å². The highest BCUT2D eigenvalue weighted by Gasteiger charge is 2.25. The predicted octanol–water partition coefficient (Wildman–Crippen LogP) is 0.0458. The first-order chi connectivity index (χ1) is 7.91. The van der Waals surface area contributed by atoms with Crippen LogP contribution in [0.1, 0.15) is 0 Å². The van der Waals surface area contributed by atoms with Crippen LogP contribution in [0, 0.1) is 0 Å². The molecule has 0 radical (unpaired) electrons. The Morgan fingerprint density at radius 3 is 2.65 bits per heavy atom. The number of nitrogens with two attached hydrogens (primary N) is 2. The van der Waals surface area contributed by atoms with Gasteiger partial charge in [0.2, 0.25) is 10.0 Å². The quantitative estimate of drug-likeness (QED) is 0.668. The smallest absolute Gasteiger partial charge is 0.241 e. The molecule has 0 unspecified atom stereocenters. The maximum absolute atomic E-state index is 11.6. The second-order valence-corrected chi connectivity index (χ2v) is 6.13. The molecule has 1 aliphatic rings. The first-order valence-electron chi connectivity index (χ1n) is 4.97. The summed E-state index contributed by atoms with van der Waals surface area (Å²) in [6, 6.07) is 3.24. The zero-order valence-electron chi connectivity index (χ0n) is 8.98. The molecule has 1 heterocycles. The van der Waals surface area contributed by atoms with Crippen LogP contribution in [0.2, 0.25) is 0 Å². The van der Waals surface area contributed by atoms with Crippen molar-refractivity contribution in [2.45, 2.75) is 4.90 Å². The topological polar surface area (TPSA) is 101 Å². The Hall–Kier alpha value is -0.830. The molecule has 1 fully saturated rings. The number of nitrogens with one attached hydrogen (secondary N) is 1. The fourth-order valence-corrected chi connectivity index (χ4v) is 3.71. The van der Waals surface area contributed by atoms with E-state index in [4.69, 9.17) is 10.9 Å². The second-order valence-electron chi connectivity index (χ2n) is 3.78. The van der Waals surface area contributed by atoms with E-state index in [1.54, 1.807) is 12.1 Å². The highest BCUT2D eigenvalue weighted by atomic mass is 79.9. The Balaban J connectivity index is 2.67. The van der Waals surface area contributed by atoms with Crippen molar-refractivity contribution in [3.8, 4) is 0 Å². The van der Waals surface area contributed by atoms with Crippen LogP contribution >= 0.6 is 15.9 Å². The number of benzene rings is 1. The predicted molar refractivity (Wildman–Crippen MR) is 70.1 cm³/mol. The van der Waals surface area contributed by atoms with Crippen LogP contribution in [-0.2, 0) is 10.0 Å². The molecule has 8 heteroatoms. The normalized spacial score (nSPS) is 16.5. The van der Waals surface area contributed by atoms with E-state index in [1.807, 2.05) is 4.90 Å². The molecule has 1 aromatic carbocycles. The molecular formula is C9H13BrN4O2S. The summed E-state index contributed by atoms with van der Waals surface area (Å²) >= 11 is 3.20. The molecule has 0 saturated carbocycles. The molecule has 6 nitrogen and oxygen atoms in total. The third kappa shape index (κ3) is 2.39. The standard InChI is InChI=1S/C9H13BrN4O2S/c10-6-1-2-7(11)8(9(6)17(12,15)16)14-4-3-13-5-14/h1-2,13H,3-5,11H2,(H2,12,15,16). The molecule has 0 atom stereocenters. The van der Waals surface area contributed by atoms with Crippen molar-refractivity contribution < 1.29 is 8.42 Å². The van der Waals surface area contributed by atoms with Crippen LogP contribution in [0.4, 0.5) is 11.4 Å². The Morgan fingerprint density at radius 2 is 2.12 bits per heavy atom. The number of halogens is 1. The van der Waals surface area contributed by atoms with E-state index in [2.05, 4.69) is 21.2 Å². The summed E-state index contributed by atoms with van der Waals surface area (Å²) in [7, 11) is -3.82. The maximum Gasteiger partial charge on any atom is 0.241 e. The summed E-state index contributed by atoms with van der Waals surface area (Å²) in [5, 5.41) is 8.35. The molecule has 17 heavy (non-hydrogen) atoms. The van der Waals surface area contributed by atoms with Gasteiger partial charge in [-0.3, -0.25) is 5.32 Å². The van der Waals surface area contributed by atoms with Crippen LogP contribution in [0.25, 0.3) is 0 Å². The average Bonchev–Trinajstić information content (AvgIpc) is 2.72. The summed E-state index contributed by atoms with van der Waals surface area (Å²) in [5.41, 5.74) is 6.72. The molecule has 0 aliphatic carbocycles. The molecule has 94 valence electrons. The number of anilines is 2. The molecule has 1 aromatic rings. The first kappa shape index (κ1) is 12.6. The number of nitrogens with zero attached hydrogens (tertiary/aromatic N) is 1. The lowest BCUT2D eigenvalue weighted by Gasteiger charge is -2.22.